The van der Waals surface area contributed by atoms with Gasteiger partial charge in [0.05, 0.1) is 4.88 Å². The maximum absolute atomic E-state index is 14.0. The molecule has 1 aliphatic rings. The van der Waals surface area contributed by atoms with Gasteiger partial charge in [0.2, 0.25) is 5.91 Å². The second-order valence-electron chi connectivity index (χ2n) is 13.6. The summed E-state index contributed by atoms with van der Waals surface area (Å²) in [6, 6.07) is 11.7. The minimum absolute atomic E-state index is 0.0507. The Hall–Kier alpha value is -5.27. The van der Waals surface area contributed by atoms with Crippen LogP contribution >= 0.6 is 22.7 Å². The zero-order chi connectivity index (χ0) is 38.1. The summed E-state index contributed by atoms with van der Waals surface area (Å²) < 4.78 is 1.87. The summed E-state index contributed by atoms with van der Waals surface area (Å²) in [5.41, 5.74) is 6.80. The molecule has 5 heterocycles. The summed E-state index contributed by atoms with van der Waals surface area (Å²) in [7, 11) is 0. The Labute approximate surface area is 315 Å². The molecule has 3 amide bonds. The molecule has 0 aliphatic carbocycles. The van der Waals surface area contributed by atoms with Crippen LogP contribution in [-0.4, -0.2) is 58.3 Å². The van der Waals surface area contributed by atoms with Gasteiger partial charge in [-0.05, 0) is 113 Å². The van der Waals surface area contributed by atoms with Crippen LogP contribution in [-0.2, 0) is 17.9 Å². The molecule has 0 spiro atoms. The van der Waals surface area contributed by atoms with Crippen molar-refractivity contribution in [1.29, 1.82) is 0 Å². The van der Waals surface area contributed by atoms with Crippen LogP contribution in [0.2, 0.25) is 0 Å². The molecule has 1 aromatic carbocycles. The van der Waals surface area contributed by atoms with Gasteiger partial charge in [-0.2, -0.15) is 0 Å². The van der Waals surface area contributed by atoms with Crippen LogP contribution in [0.3, 0.4) is 0 Å². The molecular weight excluding hydrogens is 709 g/mol. The fourth-order valence-corrected chi connectivity index (χ4v) is 9.44. The van der Waals surface area contributed by atoms with Crippen molar-refractivity contribution < 1.29 is 14.4 Å². The van der Waals surface area contributed by atoms with Crippen LogP contribution in [0.4, 0.5) is 5.69 Å². The number of hydrogen-bond acceptors (Lipinski definition) is 8. The largest absolute Gasteiger partial charge is 0.367 e. The number of thiophene rings is 2. The average Bonchev–Trinajstić information content (AvgIpc) is 3.84. The number of fused-ring (bicyclic) bond motifs is 1. The lowest BCUT2D eigenvalue weighted by atomic mass is 9.98. The molecule has 4 aromatic heterocycles. The fraction of sp³-hybridized carbons (Fsp3) is 0.325. The standard InChI is InChI=1S/C40H44N6O5S2/c1-8-36(47)45-11-10-27(20-45)46(9-2)31-15-26(14-28(25(31)7)37(48)41-18-29-21(3)12-23(5)43-38(29)49)32-16-33-34(52-32)17-35(53-33)40(51)42-19-30-22(4)13-24(6)44-39(30)50/h8,12-17,27H,1,9-11,18-20H2,2-7H3,(H,41,48)(H,42,51)(H,43,49)(H,44,50). The van der Waals surface area contributed by atoms with E-state index in [1.165, 1.54) is 28.7 Å². The molecule has 1 aliphatic heterocycles. The Bertz CT molecular complexity index is 2350. The number of aryl methyl sites for hydroxylation is 4. The molecule has 4 N–H and O–H groups in total. The van der Waals surface area contributed by atoms with Gasteiger partial charge in [0, 0.05) is 86.8 Å². The number of rotatable bonds is 11. The molecule has 1 unspecified atom stereocenters. The average molecular weight is 753 g/mol. The molecule has 0 bridgehead atoms. The molecule has 1 atom stereocenters. The molecule has 0 radical (unpaired) electrons. The van der Waals surface area contributed by atoms with Gasteiger partial charge in [-0.3, -0.25) is 24.0 Å². The molecule has 1 saturated heterocycles. The first kappa shape index (κ1) is 37.5. The third-order valence-electron chi connectivity index (χ3n) is 9.92. The Morgan fingerprint density at radius 1 is 0.868 bits per heavy atom. The summed E-state index contributed by atoms with van der Waals surface area (Å²) in [5.74, 6) is -0.644. The lowest BCUT2D eigenvalue weighted by Crippen LogP contribution is -2.39. The number of carbonyl (C=O) groups excluding carboxylic acids is 3. The van der Waals surface area contributed by atoms with E-state index in [2.05, 4.69) is 45.1 Å². The Balaban J connectivity index is 1.32. The lowest BCUT2D eigenvalue weighted by Gasteiger charge is -2.32. The smallest absolute Gasteiger partial charge is 0.261 e. The van der Waals surface area contributed by atoms with Crippen LogP contribution in [0.5, 0.6) is 0 Å². The highest BCUT2D eigenvalue weighted by Crippen LogP contribution is 2.41. The lowest BCUT2D eigenvalue weighted by molar-refractivity contribution is -0.125. The number of carbonyl (C=O) groups is 3. The third-order valence-corrected chi connectivity index (χ3v) is 12.3. The first-order valence-electron chi connectivity index (χ1n) is 17.6. The highest BCUT2D eigenvalue weighted by molar-refractivity contribution is 7.30. The van der Waals surface area contributed by atoms with E-state index in [0.29, 0.717) is 41.2 Å². The van der Waals surface area contributed by atoms with E-state index in [0.717, 1.165) is 60.0 Å². The number of nitrogens with zero attached hydrogens (tertiary/aromatic N) is 2. The van der Waals surface area contributed by atoms with E-state index in [4.69, 9.17) is 0 Å². The number of hydrogen-bond donors (Lipinski definition) is 4. The number of pyridine rings is 2. The van der Waals surface area contributed by atoms with Crippen molar-refractivity contribution in [2.45, 2.75) is 67.1 Å². The number of likely N-dealkylation sites (N-methyl/N-ethyl adjacent to an activating group) is 1. The molecule has 6 rings (SSSR count). The van der Waals surface area contributed by atoms with Gasteiger partial charge in [0.15, 0.2) is 0 Å². The van der Waals surface area contributed by atoms with Gasteiger partial charge in [-0.15, -0.1) is 22.7 Å². The number of benzene rings is 1. The van der Waals surface area contributed by atoms with Crippen LogP contribution in [0.25, 0.3) is 19.8 Å². The van der Waals surface area contributed by atoms with Gasteiger partial charge in [0.1, 0.15) is 0 Å². The van der Waals surface area contributed by atoms with Crippen molar-refractivity contribution in [1.82, 2.24) is 25.5 Å². The van der Waals surface area contributed by atoms with Crippen molar-refractivity contribution in [2.75, 3.05) is 24.5 Å². The van der Waals surface area contributed by atoms with Crippen molar-refractivity contribution in [2.24, 2.45) is 0 Å². The number of nitrogens with one attached hydrogen (secondary N) is 4. The van der Waals surface area contributed by atoms with Gasteiger partial charge >= 0.3 is 0 Å². The van der Waals surface area contributed by atoms with E-state index >= 15 is 0 Å². The predicted octanol–water partition coefficient (Wildman–Crippen LogP) is 6.02. The van der Waals surface area contributed by atoms with Crippen molar-refractivity contribution in [3.63, 3.8) is 0 Å². The predicted molar refractivity (Wildman–Crippen MR) is 213 cm³/mol. The second kappa shape index (κ2) is 15.4. The fourth-order valence-electron chi connectivity index (χ4n) is 7.14. The number of likely N-dealkylation sites (tertiary alicyclic amines) is 1. The monoisotopic (exact) mass is 752 g/mol. The molecule has 0 saturated carbocycles. The maximum Gasteiger partial charge on any atom is 0.261 e. The van der Waals surface area contributed by atoms with Gasteiger partial charge in [-0.1, -0.05) is 6.58 Å². The number of aromatic nitrogens is 2. The molecular formula is C40H44N6O5S2. The number of amides is 3. The summed E-state index contributed by atoms with van der Waals surface area (Å²) >= 11 is 2.91. The quantitative estimate of drug-likeness (QED) is 0.121. The summed E-state index contributed by atoms with van der Waals surface area (Å²) in [5, 5.41) is 5.89. The normalized spacial score (nSPS) is 14.1. The SMILES string of the molecule is C=CC(=O)N1CCC(N(CC)c2cc(-c3cc4sc(C(=O)NCc5c(C)cc(C)[nH]c5=O)cc4s3)cc(C(=O)NCc3c(C)cc(C)[nH]c3=O)c2C)C1. The topological polar surface area (TPSA) is 147 Å². The zero-order valence-corrected chi connectivity index (χ0v) is 32.5. The van der Waals surface area contributed by atoms with Crippen molar-refractivity contribution in [3.05, 3.63) is 119 Å². The second-order valence-corrected chi connectivity index (χ2v) is 15.8. The van der Waals surface area contributed by atoms with Gasteiger partial charge < -0.3 is 30.4 Å². The zero-order valence-electron chi connectivity index (χ0n) is 30.8. The molecule has 1 fully saturated rings. The summed E-state index contributed by atoms with van der Waals surface area (Å²) in [4.78, 5) is 75.9. The van der Waals surface area contributed by atoms with E-state index < -0.39 is 0 Å². The summed E-state index contributed by atoms with van der Waals surface area (Å²) in [6.45, 7) is 17.1. The Kier molecular flexibility index (Phi) is 10.9. The van der Waals surface area contributed by atoms with Crippen LogP contribution < -0.4 is 26.7 Å². The maximum atomic E-state index is 14.0. The Morgan fingerprint density at radius 3 is 2.04 bits per heavy atom. The first-order chi connectivity index (χ1) is 25.3. The van der Waals surface area contributed by atoms with E-state index in [9.17, 15) is 24.0 Å². The van der Waals surface area contributed by atoms with E-state index in [1.54, 1.807) is 4.90 Å². The third kappa shape index (κ3) is 7.77. The van der Waals surface area contributed by atoms with E-state index in [-0.39, 0.29) is 48.0 Å². The molecule has 276 valence electrons. The first-order valence-corrected chi connectivity index (χ1v) is 19.2. The molecule has 5 aromatic rings. The van der Waals surface area contributed by atoms with Gasteiger partial charge in [-0.25, -0.2) is 0 Å². The number of anilines is 1. The molecule has 13 heteroatoms. The van der Waals surface area contributed by atoms with Crippen LogP contribution in [0, 0.1) is 34.6 Å². The summed E-state index contributed by atoms with van der Waals surface area (Å²) in [6.07, 6.45) is 2.13. The van der Waals surface area contributed by atoms with Gasteiger partial charge in [0.25, 0.3) is 22.9 Å². The van der Waals surface area contributed by atoms with Crippen molar-refractivity contribution >= 4 is 55.5 Å². The minimum atomic E-state index is -0.295. The minimum Gasteiger partial charge on any atom is -0.367 e. The van der Waals surface area contributed by atoms with Crippen LogP contribution in [0.1, 0.15) is 72.6 Å². The number of H-pyrrole nitrogens is 2. The number of aromatic amines is 2. The Morgan fingerprint density at radius 2 is 1.47 bits per heavy atom. The van der Waals surface area contributed by atoms with Crippen LogP contribution in [0.15, 0.2) is 58.6 Å². The highest BCUT2D eigenvalue weighted by Gasteiger charge is 2.31. The molecule has 11 nitrogen and oxygen atoms in total. The highest BCUT2D eigenvalue weighted by atomic mass is 32.1. The molecule has 53 heavy (non-hydrogen) atoms. The van der Waals surface area contributed by atoms with E-state index in [1.807, 2.05) is 65.0 Å². The van der Waals surface area contributed by atoms with Crippen molar-refractivity contribution in [3.8, 4) is 10.4 Å².